The molecule has 20 heavy (non-hydrogen) atoms. The first-order valence-electron chi connectivity index (χ1n) is 7.34. The Hall–Kier alpha value is -1.43. The van der Waals surface area contributed by atoms with Crippen molar-refractivity contribution >= 4 is 11.0 Å². The fourth-order valence-corrected chi connectivity index (χ4v) is 2.78. The van der Waals surface area contributed by atoms with Crippen molar-refractivity contribution in [2.45, 2.75) is 19.6 Å². The fourth-order valence-electron chi connectivity index (χ4n) is 2.78. The van der Waals surface area contributed by atoms with E-state index in [9.17, 15) is 5.11 Å². The first-order chi connectivity index (χ1) is 9.78. The first-order valence-corrected chi connectivity index (χ1v) is 7.34. The summed E-state index contributed by atoms with van der Waals surface area (Å²) in [6.45, 7) is 7.74. The number of aryl methyl sites for hydroxylation is 1. The van der Waals surface area contributed by atoms with Crippen LogP contribution in [0.3, 0.4) is 0 Å². The third kappa shape index (κ3) is 2.70. The molecule has 2 N–H and O–H groups in total. The van der Waals surface area contributed by atoms with E-state index in [2.05, 4.69) is 32.8 Å². The zero-order valence-electron chi connectivity index (χ0n) is 11.9. The van der Waals surface area contributed by atoms with E-state index in [0.717, 1.165) is 49.3 Å². The topological polar surface area (TPSA) is 53.3 Å². The van der Waals surface area contributed by atoms with Gasteiger partial charge >= 0.3 is 0 Å². The maximum Gasteiger partial charge on any atom is 0.0958 e. The Bertz CT molecular complexity index is 574. The second-order valence-corrected chi connectivity index (χ2v) is 5.35. The van der Waals surface area contributed by atoms with Gasteiger partial charge in [-0.15, -0.1) is 0 Å². The number of hydrogen-bond acceptors (Lipinski definition) is 4. The average Bonchev–Trinajstić information content (AvgIpc) is 2.90. The van der Waals surface area contributed by atoms with Crippen LogP contribution in [0.2, 0.25) is 0 Å². The first kappa shape index (κ1) is 13.5. The van der Waals surface area contributed by atoms with Crippen LogP contribution in [0.15, 0.2) is 24.5 Å². The minimum Gasteiger partial charge on any atom is -0.387 e. The molecule has 0 amide bonds. The molecule has 5 nitrogen and oxygen atoms in total. The average molecular weight is 274 g/mol. The number of aliphatic hydroxyl groups is 1. The molecule has 3 rings (SSSR count). The monoisotopic (exact) mass is 274 g/mol. The lowest BCUT2D eigenvalue weighted by Crippen LogP contribution is -2.44. The molecule has 0 aliphatic carbocycles. The molecule has 108 valence electrons. The molecule has 1 saturated heterocycles. The molecule has 1 aromatic carbocycles. The number of hydrogen-bond donors (Lipinski definition) is 2. The smallest absolute Gasteiger partial charge is 0.0958 e. The number of β-amino-alcohol motifs (C(OH)–C–C–N with tert-alkyl or cyclic N) is 1. The highest BCUT2D eigenvalue weighted by Crippen LogP contribution is 2.20. The highest BCUT2D eigenvalue weighted by atomic mass is 16.3. The predicted molar refractivity (Wildman–Crippen MR) is 79.7 cm³/mol. The van der Waals surface area contributed by atoms with E-state index in [-0.39, 0.29) is 0 Å². The third-order valence-electron chi connectivity index (χ3n) is 4.01. The molecule has 0 spiro atoms. The molecule has 0 radical (unpaired) electrons. The van der Waals surface area contributed by atoms with Crippen LogP contribution in [-0.4, -0.2) is 52.3 Å². The largest absolute Gasteiger partial charge is 0.387 e. The number of fused-ring (bicyclic) bond motifs is 1. The summed E-state index contributed by atoms with van der Waals surface area (Å²) < 4.78 is 2.11. The van der Waals surface area contributed by atoms with E-state index >= 15 is 0 Å². The summed E-state index contributed by atoms with van der Waals surface area (Å²) in [6.07, 6.45) is 1.42. The summed E-state index contributed by atoms with van der Waals surface area (Å²) in [6, 6.07) is 6.08. The minimum absolute atomic E-state index is 0.440. The molecule has 5 heteroatoms. The van der Waals surface area contributed by atoms with E-state index in [1.807, 2.05) is 18.5 Å². The molecule has 2 heterocycles. The van der Waals surface area contributed by atoms with Crippen molar-refractivity contribution in [2.24, 2.45) is 0 Å². The van der Waals surface area contributed by atoms with E-state index in [1.54, 1.807) is 0 Å². The lowest BCUT2D eigenvalue weighted by atomic mass is 10.1. The Morgan fingerprint density at radius 3 is 2.90 bits per heavy atom. The van der Waals surface area contributed by atoms with Crippen LogP contribution >= 0.6 is 0 Å². The molecular weight excluding hydrogens is 252 g/mol. The van der Waals surface area contributed by atoms with Gasteiger partial charge in [0, 0.05) is 39.3 Å². The van der Waals surface area contributed by atoms with Gasteiger partial charge in [-0.3, -0.25) is 4.90 Å². The highest BCUT2D eigenvalue weighted by Gasteiger charge is 2.16. The van der Waals surface area contributed by atoms with Gasteiger partial charge in [-0.1, -0.05) is 6.07 Å². The zero-order chi connectivity index (χ0) is 13.9. The molecule has 1 atom stereocenters. The van der Waals surface area contributed by atoms with Crippen molar-refractivity contribution in [3.8, 4) is 0 Å². The van der Waals surface area contributed by atoms with Crippen LogP contribution in [0.25, 0.3) is 11.0 Å². The number of aromatic nitrogens is 2. The minimum atomic E-state index is -0.440. The second-order valence-electron chi connectivity index (χ2n) is 5.35. The molecule has 1 aliphatic heterocycles. The SMILES string of the molecule is CCn1cnc2cc(C(O)CN3CCNCC3)ccc21. The molecule has 1 unspecified atom stereocenters. The standard InChI is InChI=1S/C15H22N4O/c1-2-19-11-17-13-9-12(3-4-14(13)19)15(20)10-18-7-5-16-6-8-18/h3-4,9,11,15-16,20H,2,5-8,10H2,1H3. The number of imidazole rings is 1. The summed E-state index contributed by atoms with van der Waals surface area (Å²) in [5.41, 5.74) is 3.05. The van der Waals surface area contributed by atoms with Crippen molar-refractivity contribution in [3.05, 3.63) is 30.1 Å². The van der Waals surface area contributed by atoms with Gasteiger partial charge in [-0.25, -0.2) is 4.98 Å². The number of aliphatic hydroxyl groups excluding tert-OH is 1. The Balaban J connectivity index is 1.75. The van der Waals surface area contributed by atoms with E-state index < -0.39 is 6.10 Å². The zero-order valence-corrected chi connectivity index (χ0v) is 11.9. The van der Waals surface area contributed by atoms with Crippen molar-refractivity contribution < 1.29 is 5.11 Å². The van der Waals surface area contributed by atoms with Gasteiger partial charge < -0.3 is 15.0 Å². The maximum atomic E-state index is 10.4. The highest BCUT2D eigenvalue weighted by molar-refractivity contribution is 5.76. The number of piperazine rings is 1. The Morgan fingerprint density at radius 1 is 1.35 bits per heavy atom. The van der Waals surface area contributed by atoms with E-state index in [0.29, 0.717) is 6.54 Å². The fraction of sp³-hybridized carbons (Fsp3) is 0.533. The van der Waals surface area contributed by atoms with Crippen LogP contribution in [0.4, 0.5) is 0 Å². The van der Waals surface area contributed by atoms with Gasteiger partial charge in [0.2, 0.25) is 0 Å². The van der Waals surface area contributed by atoms with Gasteiger partial charge in [0.05, 0.1) is 23.5 Å². The number of nitrogens with one attached hydrogen (secondary N) is 1. The molecule has 1 aliphatic rings. The van der Waals surface area contributed by atoms with Gasteiger partial charge in [0.1, 0.15) is 0 Å². The van der Waals surface area contributed by atoms with Crippen LogP contribution < -0.4 is 5.32 Å². The van der Waals surface area contributed by atoms with Crippen molar-refractivity contribution in [1.82, 2.24) is 19.8 Å². The van der Waals surface area contributed by atoms with E-state index in [1.165, 1.54) is 0 Å². The lowest BCUT2D eigenvalue weighted by Gasteiger charge is -2.29. The maximum absolute atomic E-state index is 10.4. The summed E-state index contributed by atoms with van der Waals surface area (Å²) in [5, 5.41) is 13.7. The van der Waals surface area contributed by atoms with Gasteiger partial charge in [0.15, 0.2) is 0 Å². The van der Waals surface area contributed by atoms with Crippen LogP contribution in [0.1, 0.15) is 18.6 Å². The van der Waals surface area contributed by atoms with E-state index in [4.69, 9.17) is 0 Å². The molecule has 1 aromatic heterocycles. The Morgan fingerprint density at radius 2 is 2.15 bits per heavy atom. The Labute approximate surface area is 119 Å². The van der Waals surface area contributed by atoms with Gasteiger partial charge in [-0.2, -0.15) is 0 Å². The summed E-state index contributed by atoms with van der Waals surface area (Å²) in [5.74, 6) is 0. The third-order valence-corrected chi connectivity index (χ3v) is 4.01. The number of nitrogens with zero attached hydrogens (tertiary/aromatic N) is 3. The summed E-state index contributed by atoms with van der Waals surface area (Å²) in [7, 11) is 0. The van der Waals surface area contributed by atoms with Crippen LogP contribution in [0, 0.1) is 0 Å². The van der Waals surface area contributed by atoms with Gasteiger partial charge in [0.25, 0.3) is 0 Å². The summed E-state index contributed by atoms with van der Waals surface area (Å²) in [4.78, 5) is 6.71. The molecule has 1 fully saturated rings. The molecule has 2 aromatic rings. The molecular formula is C15H22N4O. The van der Waals surface area contributed by atoms with Crippen LogP contribution in [-0.2, 0) is 6.54 Å². The normalized spacial score (nSPS) is 18.5. The van der Waals surface area contributed by atoms with Crippen molar-refractivity contribution in [3.63, 3.8) is 0 Å². The molecule has 0 bridgehead atoms. The number of rotatable bonds is 4. The van der Waals surface area contributed by atoms with Crippen LogP contribution in [0.5, 0.6) is 0 Å². The predicted octanol–water partition coefficient (Wildman–Crippen LogP) is 0.995. The van der Waals surface area contributed by atoms with Crippen molar-refractivity contribution in [2.75, 3.05) is 32.7 Å². The second kappa shape index (κ2) is 5.91. The Kier molecular flexibility index (Phi) is 4.00. The van der Waals surface area contributed by atoms with Gasteiger partial charge in [-0.05, 0) is 24.6 Å². The summed E-state index contributed by atoms with van der Waals surface area (Å²) >= 11 is 0. The lowest BCUT2D eigenvalue weighted by molar-refractivity contribution is 0.106. The number of benzene rings is 1. The molecule has 0 saturated carbocycles. The van der Waals surface area contributed by atoms with Crippen molar-refractivity contribution in [1.29, 1.82) is 0 Å². The quantitative estimate of drug-likeness (QED) is 0.873.